The number of aryl methyl sites for hydroxylation is 6. The van der Waals surface area contributed by atoms with Gasteiger partial charge in [-0.15, -0.1) is 23.2 Å². The van der Waals surface area contributed by atoms with Crippen molar-refractivity contribution in [2.24, 2.45) is 0 Å². The van der Waals surface area contributed by atoms with Gasteiger partial charge in [-0.25, -0.2) is 43.9 Å². The van der Waals surface area contributed by atoms with Crippen molar-refractivity contribution < 1.29 is 43.9 Å². The predicted molar refractivity (Wildman–Crippen MR) is 179 cm³/mol. The van der Waals surface area contributed by atoms with Gasteiger partial charge < -0.3 is 0 Å². The number of allylic oxidation sites excluding steroid dienone is 1. The molecule has 0 aliphatic carbocycles. The first-order valence-corrected chi connectivity index (χ1v) is 16.9. The molecule has 49 heavy (non-hydrogen) atoms. The summed E-state index contributed by atoms with van der Waals surface area (Å²) in [7, 11) is -2.23. The molecule has 0 radical (unpaired) electrons. The van der Waals surface area contributed by atoms with E-state index in [1.807, 2.05) is 65.8 Å². The van der Waals surface area contributed by atoms with Crippen LogP contribution in [0.2, 0.25) is 6.32 Å². The van der Waals surface area contributed by atoms with E-state index in [1.165, 1.54) is 6.92 Å². The number of benzene rings is 4. The average molecular weight is 708 g/mol. The molecule has 0 saturated carbocycles. The maximum absolute atomic E-state index is 15.9. The summed E-state index contributed by atoms with van der Waals surface area (Å²) in [6, 6.07) is 7.55. The summed E-state index contributed by atoms with van der Waals surface area (Å²) in [6.07, 6.45) is -5.44. The van der Waals surface area contributed by atoms with Gasteiger partial charge in [0, 0.05) is 6.16 Å². The smallest absolute Gasteiger partial charge is 0.200 e. The Morgan fingerprint density at radius 1 is 0.551 bits per heavy atom. The lowest BCUT2D eigenvalue weighted by molar-refractivity contribution is 0.381. The number of hydrogen-bond acceptors (Lipinski definition) is 0. The van der Waals surface area contributed by atoms with Gasteiger partial charge in [0.15, 0.2) is 34.9 Å². The fourth-order valence-corrected chi connectivity index (χ4v) is 10.7. The zero-order chi connectivity index (χ0) is 36.9. The lowest BCUT2D eigenvalue weighted by Gasteiger charge is -2.38. The Morgan fingerprint density at radius 3 is 1.12 bits per heavy atom. The molecule has 0 unspecified atom stereocenters. The van der Waals surface area contributed by atoms with E-state index in [9.17, 15) is 26.3 Å². The van der Waals surface area contributed by atoms with E-state index in [0.717, 1.165) is 44.0 Å². The Bertz CT molecular complexity index is 1860. The van der Waals surface area contributed by atoms with Crippen molar-refractivity contribution in [2.75, 3.05) is 6.16 Å². The van der Waals surface area contributed by atoms with E-state index in [-0.39, 0.29) is 11.7 Å². The Hall–Kier alpha value is -4.03. The SMILES string of the molecule is C=C(C)C#C[B-](CC[PH+](c1c(C)cc(C)cc1C)c1c(C)cc(C)cc1C)(c1c(F)c(F)c(F)c(F)c1F)c1c(F)c(F)c(F)c(F)c1F. The van der Waals surface area contributed by atoms with Crippen LogP contribution >= 0.6 is 7.92 Å². The molecule has 4 aromatic carbocycles. The molecule has 0 bridgehead atoms. The van der Waals surface area contributed by atoms with Crippen LogP contribution in [0.3, 0.4) is 0 Å². The molecule has 0 aliphatic heterocycles. The molecule has 0 aliphatic rings. The minimum atomic E-state index is -4.32. The number of hydrogen-bond donors (Lipinski definition) is 0. The maximum Gasteiger partial charge on any atom is 0.200 e. The first kappa shape index (κ1) is 37.8. The minimum Gasteiger partial charge on any atom is -0.297 e. The van der Waals surface area contributed by atoms with Crippen LogP contribution in [0.1, 0.15) is 40.3 Å². The number of halogens is 10. The molecule has 0 N–H and O–H groups in total. The third-order valence-electron chi connectivity index (χ3n) is 8.79. The second-order valence-electron chi connectivity index (χ2n) is 12.6. The van der Waals surface area contributed by atoms with Gasteiger partial charge in [-0.1, -0.05) is 42.0 Å². The summed E-state index contributed by atoms with van der Waals surface area (Å²) in [5.74, 6) is -20.5. The molecule has 258 valence electrons. The van der Waals surface area contributed by atoms with E-state index in [2.05, 4.69) is 18.3 Å². The van der Waals surface area contributed by atoms with E-state index in [0.29, 0.717) is 0 Å². The van der Waals surface area contributed by atoms with Crippen LogP contribution in [0.15, 0.2) is 36.4 Å². The van der Waals surface area contributed by atoms with Gasteiger partial charge >= 0.3 is 0 Å². The van der Waals surface area contributed by atoms with Crippen molar-refractivity contribution in [1.29, 1.82) is 0 Å². The molecule has 0 nitrogen and oxygen atoms in total. The zero-order valence-corrected chi connectivity index (χ0v) is 28.8. The predicted octanol–water partition coefficient (Wildman–Crippen LogP) is 8.48. The highest BCUT2D eigenvalue weighted by atomic mass is 31.1. The Kier molecular flexibility index (Phi) is 10.9. The second kappa shape index (κ2) is 14.1. The van der Waals surface area contributed by atoms with Crippen molar-refractivity contribution >= 4 is 35.6 Å². The summed E-state index contributed by atoms with van der Waals surface area (Å²) in [4.78, 5) is 0. The molecule has 12 heteroatoms. The maximum atomic E-state index is 15.9. The largest absolute Gasteiger partial charge is 0.297 e. The summed E-state index contributed by atoms with van der Waals surface area (Å²) >= 11 is 0. The first-order chi connectivity index (χ1) is 22.8. The number of rotatable bonds is 7. The van der Waals surface area contributed by atoms with Crippen LogP contribution in [0.4, 0.5) is 43.9 Å². The van der Waals surface area contributed by atoms with E-state index < -0.39 is 89.5 Å². The Labute approximate surface area is 279 Å². The van der Waals surface area contributed by atoms with Crippen molar-refractivity contribution in [3.63, 3.8) is 0 Å². The highest BCUT2D eigenvalue weighted by Gasteiger charge is 2.44. The van der Waals surface area contributed by atoms with Crippen LogP contribution in [0.5, 0.6) is 0 Å². The Balaban J connectivity index is 2.23. The molecule has 0 fully saturated rings. The summed E-state index contributed by atoms with van der Waals surface area (Å²) < 4.78 is 152. The van der Waals surface area contributed by atoms with E-state index in [4.69, 9.17) is 0 Å². The second-order valence-corrected chi connectivity index (χ2v) is 15.1. The molecule has 4 rings (SSSR count). The molecular weight excluding hydrogens is 676 g/mol. The van der Waals surface area contributed by atoms with Crippen LogP contribution in [-0.2, 0) is 0 Å². The van der Waals surface area contributed by atoms with Gasteiger partial charge in [0.2, 0.25) is 0 Å². The highest BCUT2D eigenvalue weighted by Crippen LogP contribution is 2.42. The summed E-state index contributed by atoms with van der Waals surface area (Å²) in [6.45, 7) is 15.9. The van der Waals surface area contributed by atoms with Crippen LogP contribution in [0.25, 0.3) is 0 Å². The van der Waals surface area contributed by atoms with Crippen LogP contribution in [-0.4, -0.2) is 12.3 Å². The summed E-state index contributed by atoms with van der Waals surface area (Å²) in [5, 5.41) is 1.58. The van der Waals surface area contributed by atoms with Gasteiger partial charge in [-0.3, -0.25) is 5.82 Å². The standard InChI is InChI=1S/C37H31BF10P/c1-17(2)9-10-38(24-26(39)30(43)34(47)31(44)27(24)40,25-28(41)32(45)35(48)33(46)29(25)42)11-12-49(36-20(5)13-18(3)14-21(36)6)37-22(7)15-19(4)16-23(37)8/h13-16H,1,11-12H2,2-8H3/q-1/p+1. The Morgan fingerprint density at radius 2 is 0.837 bits per heavy atom. The van der Waals surface area contributed by atoms with Crippen LogP contribution < -0.4 is 21.5 Å². The topological polar surface area (TPSA) is 0 Å². The molecule has 0 spiro atoms. The van der Waals surface area contributed by atoms with Gasteiger partial charge in [-0.2, -0.15) is 0 Å². The van der Waals surface area contributed by atoms with E-state index >= 15 is 17.6 Å². The van der Waals surface area contributed by atoms with Crippen molar-refractivity contribution in [3.8, 4) is 11.7 Å². The van der Waals surface area contributed by atoms with Crippen molar-refractivity contribution in [1.82, 2.24) is 0 Å². The summed E-state index contributed by atoms with van der Waals surface area (Å²) in [5.41, 5.74) is 1.34. The van der Waals surface area contributed by atoms with Gasteiger partial charge in [0.05, 0.1) is 7.92 Å². The van der Waals surface area contributed by atoms with E-state index in [1.54, 1.807) is 0 Å². The molecule has 0 aromatic heterocycles. The molecule has 4 aromatic rings. The molecule has 0 atom stereocenters. The quantitative estimate of drug-likeness (QED) is 0.0452. The third-order valence-corrected chi connectivity index (χ3v) is 12.4. The molecular formula is C37H32BF10P. The first-order valence-electron chi connectivity index (χ1n) is 15.2. The van der Waals surface area contributed by atoms with Crippen molar-refractivity contribution in [2.45, 2.75) is 54.8 Å². The normalized spacial score (nSPS) is 11.6. The minimum absolute atomic E-state index is 0.0834. The van der Waals surface area contributed by atoms with Gasteiger partial charge in [0.1, 0.15) is 40.0 Å². The average Bonchev–Trinajstić information content (AvgIpc) is 3.01. The molecule has 0 amide bonds. The van der Waals surface area contributed by atoms with Crippen molar-refractivity contribution in [3.05, 3.63) is 128 Å². The fraction of sp³-hybridized carbons (Fsp3) is 0.243. The highest BCUT2D eigenvalue weighted by molar-refractivity contribution is 7.73. The monoisotopic (exact) mass is 708 g/mol. The lowest BCUT2D eigenvalue weighted by atomic mass is 9.17. The van der Waals surface area contributed by atoms with Gasteiger partial charge in [-0.05, 0) is 76.3 Å². The van der Waals surface area contributed by atoms with Crippen LogP contribution in [0, 0.1) is 111 Å². The third kappa shape index (κ3) is 6.65. The fourth-order valence-electron chi connectivity index (χ4n) is 7.05. The lowest BCUT2D eigenvalue weighted by Crippen LogP contribution is -2.64. The molecule has 0 heterocycles. The zero-order valence-electron chi connectivity index (χ0n) is 27.8. The van der Waals surface area contributed by atoms with Gasteiger partial charge in [0.25, 0.3) is 0 Å². The molecule has 0 saturated heterocycles.